The number of hydrogen-bond donors (Lipinski definition) is 0. The molecule has 1 atom stereocenters. The van der Waals surface area contributed by atoms with Crippen LogP contribution in [0.15, 0.2) is 0 Å². The lowest BCUT2D eigenvalue weighted by molar-refractivity contribution is 0.170. The van der Waals surface area contributed by atoms with E-state index in [2.05, 4.69) is 34.6 Å². The second-order valence-corrected chi connectivity index (χ2v) is 7.65. The van der Waals surface area contributed by atoms with E-state index < -0.39 is 8.56 Å². The predicted molar refractivity (Wildman–Crippen MR) is 68.4 cm³/mol. The van der Waals surface area contributed by atoms with Crippen molar-refractivity contribution in [2.75, 3.05) is 13.2 Å². The molecular weight excluding hydrogens is 204 g/mol. The number of hydrogen-bond acceptors (Lipinski definition) is 2. The molecule has 15 heavy (non-hydrogen) atoms. The summed E-state index contributed by atoms with van der Waals surface area (Å²) < 4.78 is 12.1. The van der Waals surface area contributed by atoms with Gasteiger partial charge in [-0.25, -0.2) is 0 Å². The summed E-state index contributed by atoms with van der Waals surface area (Å²) in [6, 6.07) is 1.08. The van der Waals surface area contributed by atoms with E-state index in [4.69, 9.17) is 8.85 Å². The fourth-order valence-electron chi connectivity index (χ4n) is 2.34. The Morgan fingerprint density at radius 1 is 0.933 bits per heavy atom. The largest absolute Gasteiger partial charge is 0.394 e. The summed E-state index contributed by atoms with van der Waals surface area (Å²) in [4.78, 5) is 0. The van der Waals surface area contributed by atoms with Crippen LogP contribution >= 0.6 is 0 Å². The van der Waals surface area contributed by atoms with E-state index in [-0.39, 0.29) is 0 Å². The van der Waals surface area contributed by atoms with E-state index in [1.807, 2.05) is 0 Å². The molecule has 2 nitrogen and oxygen atoms in total. The maximum atomic E-state index is 6.04. The molecule has 0 spiro atoms. The van der Waals surface area contributed by atoms with Gasteiger partial charge in [-0.15, -0.1) is 0 Å². The zero-order valence-corrected chi connectivity index (χ0v) is 12.1. The zero-order chi connectivity index (χ0) is 11.7. The quantitative estimate of drug-likeness (QED) is 0.557. The second kappa shape index (κ2) is 8.31. The minimum Gasteiger partial charge on any atom is -0.394 e. The molecule has 3 heteroatoms. The molecule has 0 rings (SSSR count). The van der Waals surface area contributed by atoms with Gasteiger partial charge in [0.05, 0.1) is 0 Å². The Kier molecular flexibility index (Phi) is 8.38. The lowest BCUT2D eigenvalue weighted by Gasteiger charge is -2.35. The summed E-state index contributed by atoms with van der Waals surface area (Å²) in [6.07, 6.45) is 3.66. The molecule has 0 amide bonds. The molecule has 0 N–H and O–H groups in total. The molecule has 0 saturated heterocycles. The summed E-state index contributed by atoms with van der Waals surface area (Å²) in [5, 5.41) is 0. The van der Waals surface area contributed by atoms with Gasteiger partial charge in [-0.1, -0.05) is 33.6 Å². The van der Waals surface area contributed by atoms with Crippen molar-refractivity contribution in [2.45, 2.75) is 65.5 Å². The van der Waals surface area contributed by atoms with Crippen molar-refractivity contribution in [3.05, 3.63) is 0 Å². The summed E-state index contributed by atoms with van der Waals surface area (Å²) in [6.45, 7) is 12.5. The summed E-state index contributed by atoms with van der Waals surface area (Å²) in [5.41, 5.74) is 0.660. The van der Waals surface area contributed by atoms with E-state index >= 15 is 0 Å². The van der Waals surface area contributed by atoms with E-state index in [0.29, 0.717) is 5.54 Å². The molecule has 0 aromatic carbocycles. The van der Waals surface area contributed by atoms with Crippen LogP contribution in [0.4, 0.5) is 0 Å². The van der Waals surface area contributed by atoms with Gasteiger partial charge in [0.15, 0.2) is 0 Å². The van der Waals surface area contributed by atoms with Crippen molar-refractivity contribution >= 4 is 8.56 Å². The summed E-state index contributed by atoms with van der Waals surface area (Å²) in [7, 11) is -1.92. The Morgan fingerprint density at radius 3 is 1.73 bits per heavy atom. The maximum absolute atomic E-state index is 6.04. The topological polar surface area (TPSA) is 18.5 Å². The van der Waals surface area contributed by atoms with E-state index in [1.165, 1.54) is 19.3 Å². The fraction of sp³-hybridized carbons (Fsp3) is 1.00. The normalized spacial score (nSPS) is 14.2. The SMILES string of the molecule is CCCC(CC)[Si](CC)(OCC)OCC. The van der Waals surface area contributed by atoms with Crippen LogP contribution in [-0.4, -0.2) is 21.8 Å². The Balaban J connectivity index is 4.65. The fourth-order valence-corrected chi connectivity index (χ4v) is 6.21. The van der Waals surface area contributed by atoms with Gasteiger partial charge in [-0.3, -0.25) is 0 Å². The summed E-state index contributed by atoms with van der Waals surface area (Å²) in [5.74, 6) is 0. The first kappa shape index (κ1) is 15.1. The van der Waals surface area contributed by atoms with Crippen LogP contribution < -0.4 is 0 Å². The van der Waals surface area contributed by atoms with Crippen molar-refractivity contribution in [3.8, 4) is 0 Å². The highest BCUT2D eigenvalue weighted by molar-refractivity contribution is 6.68. The Labute approximate surface area is 96.6 Å². The predicted octanol–water partition coefficient (Wildman–Crippen LogP) is 4.10. The monoisotopic (exact) mass is 232 g/mol. The van der Waals surface area contributed by atoms with Crippen molar-refractivity contribution in [1.82, 2.24) is 0 Å². The van der Waals surface area contributed by atoms with Crippen LogP contribution in [0.1, 0.15) is 53.9 Å². The Morgan fingerprint density at radius 2 is 1.47 bits per heavy atom. The summed E-state index contributed by atoms with van der Waals surface area (Å²) >= 11 is 0. The van der Waals surface area contributed by atoms with E-state index in [1.54, 1.807) is 0 Å². The molecule has 0 aliphatic rings. The Bertz CT molecular complexity index is 145. The first-order valence-corrected chi connectivity index (χ1v) is 8.58. The van der Waals surface area contributed by atoms with Gasteiger partial charge < -0.3 is 8.85 Å². The van der Waals surface area contributed by atoms with Gasteiger partial charge in [0, 0.05) is 18.8 Å². The average molecular weight is 232 g/mol. The third-order valence-electron chi connectivity index (χ3n) is 3.02. The van der Waals surface area contributed by atoms with Crippen LogP contribution in [-0.2, 0) is 8.85 Å². The van der Waals surface area contributed by atoms with Gasteiger partial charge in [-0.05, 0) is 26.3 Å². The molecule has 0 heterocycles. The van der Waals surface area contributed by atoms with Crippen molar-refractivity contribution in [2.24, 2.45) is 0 Å². The first-order valence-electron chi connectivity index (χ1n) is 6.48. The maximum Gasteiger partial charge on any atom is 0.341 e. The van der Waals surface area contributed by atoms with Crippen molar-refractivity contribution in [3.63, 3.8) is 0 Å². The lowest BCUT2D eigenvalue weighted by atomic mass is 10.2. The van der Waals surface area contributed by atoms with Crippen LogP contribution in [0.5, 0.6) is 0 Å². The van der Waals surface area contributed by atoms with Crippen LogP contribution in [0.2, 0.25) is 11.6 Å². The minimum atomic E-state index is -1.92. The van der Waals surface area contributed by atoms with Gasteiger partial charge in [0.1, 0.15) is 0 Å². The average Bonchev–Trinajstić information content (AvgIpc) is 2.25. The van der Waals surface area contributed by atoms with Crippen LogP contribution in [0.25, 0.3) is 0 Å². The Hall–Kier alpha value is 0.137. The molecular formula is C12H28O2Si. The highest BCUT2D eigenvalue weighted by Gasteiger charge is 2.42. The van der Waals surface area contributed by atoms with Gasteiger partial charge in [-0.2, -0.15) is 0 Å². The molecule has 92 valence electrons. The highest BCUT2D eigenvalue weighted by Crippen LogP contribution is 2.34. The van der Waals surface area contributed by atoms with E-state index in [0.717, 1.165) is 19.3 Å². The van der Waals surface area contributed by atoms with Crippen molar-refractivity contribution < 1.29 is 8.85 Å². The zero-order valence-electron chi connectivity index (χ0n) is 11.1. The standard InChI is InChI=1S/C12H28O2Si/c1-6-11-12(7-2)15(10-5,13-8-3)14-9-4/h12H,6-11H2,1-5H3. The highest BCUT2D eigenvalue weighted by atomic mass is 28.4. The van der Waals surface area contributed by atoms with Gasteiger partial charge in [0.25, 0.3) is 0 Å². The second-order valence-electron chi connectivity index (χ2n) is 3.93. The first-order chi connectivity index (χ1) is 7.20. The third kappa shape index (κ3) is 4.25. The molecule has 0 bridgehead atoms. The van der Waals surface area contributed by atoms with Gasteiger partial charge >= 0.3 is 8.56 Å². The smallest absolute Gasteiger partial charge is 0.341 e. The molecule has 0 aromatic rings. The van der Waals surface area contributed by atoms with Crippen molar-refractivity contribution in [1.29, 1.82) is 0 Å². The lowest BCUT2D eigenvalue weighted by Crippen LogP contribution is -2.46. The molecule has 0 aliphatic heterocycles. The van der Waals surface area contributed by atoms with E-state index in [9.17, 15) is 0 Å². The molecule has 0 aromatic heterocycles. The van der Waals surface area contributed by atoms with Crippen LogP contribution in [0, 0.1) is 0 Å². The molecule has 1 unspecified atom stereocenters. The molecule has 0 fully saturated rings. The van der Waals surface area contributed by atoms with Gasteiger partial charge in [0.2, 0.25) is 0 Å². The third-order valence-corrected chi connectivity index (χ3v) is 7.50. The minimum absolute atomic E-state index is 0.660. The van der Waals surface area contributed by atoms with Crippen LogP contribution in [0.3, 0.4) is 0 Å². The number of rotatable bonds is 9. The molecule has 0 radical (unpaired) electrons. The molecule has 0 aliphatic carbocycles. The molecule has 0 saturated carbocycles.